The highest BCUT2D eigenvalue weighted by atomic mass is 35.5. The van der Waals surface area contributed by atoms with Gasteiger partial charge in [0.1, 0.15) is 5.15 Å². The van der Waals surface area contributed by atoms with Crippen LogP contribution in [0, 0.1) is 6.92 Å². The van der Waals surface area contributed by atoms with Crippen molar-refractivity contribution in [2.75, 3.05) is 0 Å². The minimum atomic E-state index is -5.77. The van der Waals surface area contributed by atoms with Gasteiger partial charge in [0.15, 0.2) is 5.65 Å². The van der Waals surface area contributed by atoms with E-state index in [0.717, 1.165) is 6.07 Å². The Hall–Kier alpha value is -1.61. The number of rotatable bonds is 2. The third-order valence-corrected chi connectivity index (χ3v) is 3.47. The van der Waals surface area contributed by atoms with Crippen molar-refractivity contribution >= 4 is 32.8 Å². The molecule has 0 N–H and O–H groups in total. The standard InChI is InChI=1S/C10H6ClF3N2O3S/c1-5-4-8(19-20(17,18)10(12,13)14)16-9-6(5)2-3-7(11)15-9/h2-4H,1H3. The average molecular weight is 327 g/mol. The lowest BCUT2D eigenvalue weighted by Gasteiger charge is -2.10. The summed E-state index contributed by atoms with van der Waals surface area (Å²) >= 11 is 5.64. The van der Waals surface area contributed by atoms with E-state index in [-0.39, 0.29) is 10.8 Å². The highest BCUT2D eigenvalue weighted by Crippen LogP contribution is 2.28. The van der Waals surface area contributed by atoms with E-state index in [1.165, 1.54) is 6.07 Å². The van der Waals surface area contributed by atoms with Gasteiger partial charge in [-0.2, -0.15) is 26.6 Å². The highest BCUT2D eigenvalue weighted by Gasteiger charge is 2.48. The molecule has 0 saturated carbocycles. The molecular formula is C10H6ClF3N2O3S. The van der Waals surface area contributed by atoms with Gasteiger partial charge >= 0.3 is 15.6 Å². The van der Waals surface area contributed by atoms with Gasteiger partial charge in [-0.1, -0.05) is 11.6 Å². The molecule has 0 radical (unpaired) electrons. The molecule has 0 spiro atoms. The molecule has 10 heteroatoms. The Morgan fingerprint density at radius 3 is 2.50 bits per heavy atom. The second-order valence-electron chi connectivity index (χ2n) is 3.77. The summed E-state index contributed by atoms with van der Waals surface area (Å²) in [5, 5.41) is 0.589. The van der Waals surface area contributed by atoms with Crippen LogP contribution in [0.5, 0.6) is 5.88 Å². The zero-order valence-corrected chi connectivity index (χ0v) is 11.3. The molecular weight excluding hydrogens is 321 g/mol. The summed E-state index contributed by atoms with van der Waals surface area (Å²) in [5.41, 5.74) is -5.09. The molecule has 0 aliphatic heterocycles. The summed E-state index contributed by atoms with van der Waals surface area (Å²) in [6.07, 6.45) is 0. The molecule has 0 amide bonds. The first-order valence-corrected chi connectivity index (χ1v) is 6.83. The minimum absolute atomic E-state index is 0.00938. The van der Waals surface area contributed by atoms with Crippen LogP contribution in [-0.2, 0) is 10.1 Å². The number of fused-ring (bicyclic) bond motifs is 1. The molecule has 20 heavy (non-hydrogen) atoms. The van der Waals surface area contributed by atoms with Gasteiger partial charge in [-0.3, -0.25) is 0 Å². The lowest BCUT2D eigenvalue weighted by Crippen LogP contribution is -2.28. The summed E-state index contributed by atoms with van der Waals surface area (Å²) in [5.74, 6) is -0.720. The monoisotopic (exact) mass is 326 g/mol. The molecule has 0 atom stereocenters. The Labute approximate surface area is 116 Å². The molecule has 0 aliphatic carbocycles. The quantitative estimate of drug-likeness (QED) is 0.482. The van der Waals surface area contributed by atoms with E-state index in [9.17, 15) is 21.6 Å². The molecule has 2 rings (SSSR count). The third kappa shape index (κ3) is 2.78. The third-order valence-electron chi connectivity index (χ3n) is 2.30. The van der Waals surface area contributed by atoms with Crippen molar-refractivity contribution in [3.63, 3.8) is 0 Å². The zero-order chi connectivity index (χ0) is 15.1. The SMILES string of the molecule is Cc1cc(OS(=O)(=O)C(F)(F)F)nc2nc(Cl)ccc12. The topological polar surface area (TPSA) is 69.2 Å². The number of aromatic nitrogens is 2. The van der Waals surface area contributed by atoms with E-state index in [0.29, 0.717) is 10.9 Å². The summed E-state index contributed by atoms with van der Waals surface area (Å²) in [4.78, 5) is 7.39. The largest absolute Gasteiger partial charge is 0.534 e. The van der Waals surface area contributed by atoms with Crippen LogP contribution in [0.25, 0.3) is 11.0 Å². The molecule has 0 aromatic carbocycles. The van der Waals surface area contributed by atoms with Gasteiger partial charge < -0.3 is 4.18 Å². The van der Waals surface area contributed by atoms with Crippen LogP contribution in [0.4, 0.5) is 13.2 Å². The summed E-state index contributed by atoms with van der Waals surface area (Å²) in [6, 6.07) is 4.11. The van der Waals surface area contributed by atoms with Gasteiger partial charge in [0, 0.05) is 11.5 Å². The van der Waals surface area contributed by atoms with Crippen molar-refractivity contribution < 1.29 is 25.8 Å². The molecule has 0 saturated heterocycles. The van der Waals surface area contributed by atoms with Crippen molar-refractivity contribution in [1.82, 2.24) is 9.97 Å². The molecule has 108 valence electrons. The van der Waals surface area contributed by atoms with Gasteiger partial charge in [0.25, 0.3) is 0 Å². The number of pyridine rings is 2. The normalized spacial score (nSPS) is 12.7. The lowest BCUT2D eigenvalue weighted by molar-refractivity contribution is -0.0501. The molecule has 2 heterocycles. The van der Waals surface area contributed by atoms with Crippen molar-refractivity contribution in [3.05, 3.63) is 28.9 Å². The van der Waals surface area contributed by atoms with Crippen LogP contribution >= 0.6 is 11.6 Å². The summed E-state index contributed by atoms with van der Waals surface area (Å²) in [6.45, 7) is 1.55. The number of hydrogen-bond acceptors (Lipinski definition) is 5. The first-order chi connectivity index (χ1) is 9.10. The Kier molecular flexibility index (Phi) is 3.51. The second-order valence-corrected chi connectivity index (χ2v) is 5.69. The van der Waals surface area contributed by atoms with Crippen molar-refractivity contribution in [2.24, 2.45) is 0 Å². The Balaban J connectivity index is 2.52. The molecule has 0 bridgehead atoms. The van der Waals surface area contributed by atoms with E-state index < -0.39 is 21.5 Å². The van der Waals surface area contributed by atoms with Gasteiger partial charge in [0.05, 0.1) is 0 Å². The second kappa shape index (κ2) is 4.74. The van der Waals surface area contributed by atoms with Gasteiger partial charge in [-0.15, -0.1) is 0 Å². The predicted octanol–water partition coefficient (Wildman–Crippen LogP) is 2.82. The maximum Gasteiger partial charge on any atom is 0.534 e. The number of halogens is 4. The zero-order valence-electron chi connectivity index (χ0n) is 9.77. The van der Waals surface area contributed by atoms with Crippen LogP contribution in [0.3, 0.4) is 0 Å². The first-order valence-electron chi connectivity index (χ1n) is 5.05. The molecule has 0 unspecified atom stereocenters. The Morgan fingerprint density at radius 1 is 1.25 bits per heavy atom. The van der Waals surface area contributed by atoms with Gasteiger partial charge in [-0.25, -0.2) is 4.98 Å². The maximum absolute atomic E-state index is 12.2. The number of hydrogen-bond donors (Lipinski definition) is 0. The summed E-state index contributed by atoms with van der Waals surface area (Å²) < 4.78 is 62.4. The van der Waals surface area contributed by atoms with Gasteiger partial charge in [-0.05, 0) is 24.6 Å². The molecule has 2 aromatic rings. The lowest BCUT2D eigenvalue weighted by atomic mass is 10.2. The fourth-order valence-corrected chi connectivity index (χ4v) is 1.97. The Bertz CT molecular complexity index is 777. The van der Waals surface area contributed by atoms with Crippen LogP contribution in [0.15, 0.2) is 18.2 Å². The molecule has 2 aromatic heterocycles. The van der Waals surface area contributed by atoms with Gasteiger partial charge in [0.2, 0.25) is 5.88 Å². The average Bonchev–Trinajstić information content (AvgIpc) is 2.25. The van der Waals surface area contributed by atoms with Crippen LogP contribution < -0.4 is 4.18 Å². The van der Waals surface area contributed by atoms with E-state index in [4.69, 9.17) is 11.6 Å². The van der Waals surface area contributed by atoms with Crippen molar-refractivity contribution in [3.8, 4) is 5.88 Å². The number of aryl methyl sites for hydroxylation is 1. The van der Waals surface area contributed by atoms with Crippen LogP contribution in [-0.4, -0.2) is 23.9 Å². The highest BCUT2D eigenvalue weighted by molar-refractivity contribution is 7.87. The van der Waals surface area contributed by atoms with E-state index in [1.807, 2.05) is 0 Å². The van der Waals surface area contributed by atoms with E-state index in [2.05, 4.69) is 14.2 Å². The van der Waals surface area contributed by atoms with Crippen molar-refractivity contribution in [2.45, 2.75) is 12.4 Å². The fourth-order valence-electron chi connectivity index (χ4n) is 1.42. The Morgan fingerprint density at radius 2 is 1.90 bits per heavy atom. The molecule has 0 aliphatic rings. The number of nitrogens with zero attached hydrogens (tertiary/aromatic N) is 2. The van der Waals surface area contributed by atoms with Crippen molar-refractivity contribution in [1.29, 1.82) is 0 Å². The summed E-state index contributed by atoms with van der Waals surface area (Å²) in [7, 11) is -5.77. The molecule has 5 nitrogen and oxygen atoms in total. The number of alkyl halides is 3. The molecule has 0 fully saturated rings. The fraction of sp³-hybridized carbons (Fsp3) is 0.200. The smallest absolute Gasteiger partial charge is 0.355 e. The van der Waals surface area contributed by atoms with Crippen LogP contribution in [0.2, 0.25) is 5.15 Å². The maximum atomic E-state index is 12.2. The van der Waals surface area contributed by atoms with E-state index >= 15 is 0 Å². The van der Waals surface area contributed by atoms with E-state index in [1.54, 1.807) is 13.0 Å². The van der Waals surface area contributed by atoms with Crippen LogP contribution in [0.1, 0.15) is 5.56 Å². The predicted molar refractivity (Wildman–Crippen MR) is 64.9 cm³/mol. The first kappa shape index (κ1) is 14.8. The minimum Gasteiger partial charge on any atom is -0.355 e.